The van der Waals surface area contributed by atoms with E-state index in [1.54, 1.807) is 19.2 Å². The minimum atomic E-state index is -3.34. The van der Waals surface area contributed by atoms with Crippen molar-refractivity contribution in [2.45, 2.75) is 44.4 Å². The second-order valence-electron chi connectivity index (χ2n) is 5.28. The molecule has 0 amide bonds. The summed E-state index contributed by atoms with van der Waals surface area (Å²) >= 11 is 0. The molecule has 5 heteroatoms. The van der Waals surface area contributed by atoms with Crippen LogP contribution in [-0.2, 0) is 16.4 Å². The van der Waals surface area contributed by atoms with Crippen molar-refractivity contribution >= 4 is 10.0 Å². The topological polar surface area (TPSA) is 49.4 Å². The van der Waals surface area contributed by atoms with Gasteiger partial charge in [-0.05, 0) is 50.0 Å². The molecule has 0 fully saturated rings. The molecule has 1 aromatic rings. The third kappa shape index (κ3) is 5.77. The first-order valence-electron chi connectivity index (χ1n) is 7.78. The molecule has 1 aromatic carbocycles. The zero-order valence-corrected chi connectivity index (χ0v) is 14.2. The van der Waals surface area contributed by atoms with Gasteiger partial charge < -0.3 is 5.32 Å². The van der Waals surface area contributed by atoms with Gasteiger partial charge in [0.2, 0.25) is 10.0 Å². The molecule has 0 aliphatic carbocycles. The van der Waals surface area contributed by atoms with Crippen molar-refractivity contribution in [1.82, 2.24) is 9.62 Å². The predicted molar refractivity (Wildman–Crippen MR) is 88.0 cm³/mol. The van der Waals surface area contributed by atoms with Crippen LogP contribution < -0.4 is 5.32 Å². The summed E-state index contributed by atoms with van der Waals surface area (Å²) in [5, 5.41) is 3.29. The van der Waals surface area contributed by atoms with Crippen LogP contribution >= 0.6 is 0 Å². The lowest BCUT2D eigenvalue weighted by Gasteiger charge is -2.17. The van der Waals surface area contributed by atoms with Gasteiger partial charge in [0.25, 0.3) is 0 Å². The van der Waals surface area contributed by atoms with E-state index in [0.717, 1.165) is 38.8 Å². The second kappa shape index (κ2) is 9.18. The fourth-order valence-electron chi connectivity index (χ4n) is 2.10. The molecule has 0 aliphatic rings. The molecule has 0 bridgehead atoms. The number of hydrogen-bond donors (Lipinski definition) is 1. The molecule has 0 unspecified atom stereocenters. The van der Waals surface area contributed by atoms with Crippen molar-refractivity contribution < 1.29 is 8.42 Å². The van der Waals surface area contributed by atoms with E-state index in [1.165, 1.54) is 9.87 Å². The maximum Gasteiger partial charge on any atom is 0.242 e. The SMILES string of the molecule is CCCCN(C)S(=O)(=O)c1ccc(CCCNCC)cc1. The van der Waals surface area contributed by atoms with E-state index in [2.05, 4.69) is 19.2 Å². The Labute approximate surface area is 129 Å². The largest absolute Gasteiger partial charge is 0.317 e. The van der Waals surface area contributed by atoms with E-state index in [4.69, 9.17) is 0 Å². The van der Waals surface area contributed by atoms with Crippen LogP contribution in [-0.4, -0.2) is 39.4 Å². The second-order valence-corrected chi connectivity index (χ2v) is 7.33. The Bertz CT molecular complexity index is 498. The molecule has 21 heavy (non-hydrogen) atoms. The smallest absolute Gasteiger partial charge is 0.242 e. The number of nitrogens with one attached hydrogen (secondary N) is 1. The summed E-state index contributed by atoms with van der Waals surface area (Å²) in [6.07, 6.45) is 3.91. The summed E-state index contributed by atoms with van der Waals surface area (Å²) in [7, 11) is -1.69. The van der Waals surface area contributed by atoms with Crippen LogP contribution in [0, 0.1) is 0 Å². The summed E-state index contributed by atoms with van der Waals surface area (Å²) in [5.41, 5.74) is 1.18. The summed E-state index contributed by atoms with van der Waals surface area (Å²) in [6, 6.07) is 7.29. The van der Waals surface area contributed by atoms with Crippen LogP contribution in [0.5, 0.6) is 0 Å². The molecular weight excluding hydrogens is 284 g/mol. The van der Waals surface area contributed by atoms with E-state index < -0.39 is 10.0 Å². The van der Waals surface area contributed by atoms with Crippen LogP contribution in [0.1, 0.15) is 38.7 Å². The van der Waals surface area contributed by atoms with Crippen LogP contribution in [0.25, 0.3) is 0 Å². The average Bonchev–Trinajstić information content (AvgIpc) is 2.49. The highest BCUT2D eigenvalue weighted by molar-refractivity contribution is 7.89. The molecule has 0 heterocycles. The van der Waals surface area contributed by atoms with Crippen molar-refractivity contribution in [3.63, 3.8) is 0 Å². The van der Waals surface area contributed by atoms with Crippen molar-refractivity contribution in [1.29, 1.82) is 0 Å². The highest BCUT2D eigenvalue weighted by Crippen LogP contribution is 2.16. The van der Waals surface area contributed by atoms with Crippen LogP contribution in [0.3, 0.4) is 0 Å². The first kappa shape index (κ1) is 18.1. The molecule has 0 atom stereocenters. The molecular formula is C16H28N2O2S. The van der Waals surface area contributed by atoms with Crippen molar-refractivity contribution in [3.05, 3.63) is 29.8 Å². The van der Waals surface area contributed by atoms with Gasteiger partial charge in [-0.2, -0.15) is 0 Å². The van der Waals surface area contributed by atoms with Gasteiger partial charge in [-0.1, -0.05) is 32.4 Å². The Kier molecular flexibility index (Phi) is 7.93. The summed E-state index contributed by atoms with van der Waals surface area (Å²) in [5.74, 6) is 0. The summed E-state index contributed by atoms with van der Waals surface area (Å²) < 4.78 is 26.2. The molecule has 0 radical (unpaired) electrons. The molecule has 0 spiro atoms. The lowest BCUT2D eigenvalue weighted by atomic mass is 10.1. The molecule has 1 N–H and O–H groups in total. The molecule has 0 saturated heterocycles. The van der Waals surface area contributed by atoms with Gasteiger partial charge in [0.15, 0.2) is 0 Å². The monoisotopic (exact) mass is 312 g/mol. The Morgan fingerprint density at radius 1 is 1.10 bits per heavy atom. The number of aryl methyl sites for hydroxylation is 1. The van der Waals surface area contributed by atoms with Crippen LogP contribution in [0.4, 0.5) is 0 Å². The molecule has 120 valence electrons. The van der Waals surface area contributed by atoms with Crippen LogP contribution in [0.2, 0.25) is 0 Å². The van der Waals surface area contributed by atoms with Gasteiger partial charge in [-0.15, -0.1) is 0 Å². The Hall–Kier alpha value is -0.910. The Morgan fingerprint density at radius 3 is 2.33 bits per heavy atom. The van der Waals surface area contributed by atoms with E-state index in [9.17, 15) is 8.42 Å². The molecule has 0 saturated carbocycles. The highest BCUT2D eigenvalue weighted by Gasteiger charge is 2.19. The van der Waals surface area contributed by atoms with Crippen molar-refractivity contribution in [2.24, 2.45) is 0 Å². The molecule has 4 nitrogen and oxygen atoms in total. The third-order valence-electron chi connectivity index (χ3n) is 3.53. The van der Waals surface area contributed by atoms with Gasteiger partial charge >= 0.3 is 0 Å². The molecule has 0 aromatic heterocycles. The normalized spacial score (nSPS) is 12.0. The number of rotatable bonds is 10. The van der Waals surface area contributed by atoms with Gasteiger partial charge in [-0.25, -0.2) is 12.7 Å². The van der Waals surface area contributed by atoms with E-state index in [1.807, 2.05) is 12.1 Å². The maximum absolute atomic E-state index is 12.4. The van der Waals surface area contributed by atoms with E-state index >= 15 is 0 Å². The number of nitrogens with zero attached hydrogens (tertiary/aromatic N) is 1. The predicted octanol–water partition coefficient (Wildman–Crippen LogP) is 2.65. The van der Waals surface area contributed by atoms with Gasteiger partial charge in [0.1, 0.15) is 0 Å². The standard InChI is InChI=1S/C16H28N2O2S/c1-4-6-14-18(3)21(19,20)16-11-9-15(10-12-16)8-7-13-17-5-2/h9-12,17H,4-8,13-14H2,1-3H3. The molecule has 0 aliphatic heterocycles. The lowest BCUT2D eigenvalue weighted by molar-refractivity contribution is 0.459. The van der Waals surface area contributed by atoms with Gasteiger partial charge in [-0.3, -0.25) is 0 Å². The van der Waals surface area contributed by atoms with Crippen LogP contribution in [0.15, 0.2) is 29.2 Å². The van der Waals surface area contributed by atoms with E-state index in [-0.39, 0.29) is 0 Å². The Morgan fingerprint density at radius 2 is 1.76 bits per heavy atom. The zero-order valence-electron chi connectivity index (χ0n) is 13.4. The Balaban J connectivity index is 2.63. The molecule has 1 rings (SSSR count). The summed E-state index contributed by atoms with van der Waals surface area (Å²) in [6.45, 7) is 6.71. The number of unbranched alkanes of at least 4 members (excludes halogenated alkanes) is 1. The minimum Gasteiger partial charge on any atom is -0.317 e. The minimum absolute atomic E-state index is 0.386. The lowest BCUT2D eigenvalue weighted by Crippen LogP contribution is -2.27. The average molecular weight is 312 g/mol. The van der Waals surface area contributed by atoms with Gasteiger partial charge in [0.05, 0.1) is 4.90 Å². The first-order chi connectivity index (χ1) is 10.0. The zero-order chi connectivity index (χ0) is 15.7. The van der Waals surface area contributed by atoms with Gasteiger partial charge in [0, 0.05) is 13.6 Å². The third-order valence-corrected chi connectivity index (χ3v) is 5.40. The first-order valence-corrected chi connectivity index (χ1v) is 9.22. The quantitative estimate of drug-likeness (QED) is 0.676. The van der Waals surface area contributed by atoms with Crippen molar-refractivity contribution in [3.8, 4) is 0 Å². The maximum atomic E-state index is 12.4. The van der Waals surface area contributed by atoms with E-state index in [0.29, 0.717) is 11.4 Å². The highest BCUT2D eigenvalue weighted by atomic mass is 32.2. The fourth-order valence-corrected chi connectivity index (χ4v) is 3.31. The fraction of sp³-hybridized carbons (Fsp3) is 0.625. The number of benzene rings is 1. The van der Waals surface area contributed by atoms with Crippen molar-refractivity contribution in [2.75, 3.05) is 26.7 Å². The summed E-state index contributed by atoms with van der Waals surface area (Å²) in [4.78, 5) is 0.386. The number of sulfonamides is 1. The number of hydrogen-bond acceptors (Lipinski definition) is 3.